The predicted molar refractivity (Wildman–Crippen MR) is 126 cm³/mol. The van der Waals surface area contributed by atoms with Crippen molar-refractivity contribution < 1.29 is 31.9 Å². The van der Waals surface area contributed by atoms with E-state index in [-0.39, 0.29) is 18.7 Å². The zero-order valence-electron chi connectivity index (χ0n) is 18.5. The van der Waals surface area contributed by atoms with Gasteiger partial charge in [-0.05, 0) is 54.6 Å². The Kier molecular flexibility index (Phi) is 7.85. The van der Waals surface area contributed by atoms with Gasteiger partial charge in [-0.2, -0.15) is 0 Å². The Morgan fingerprint density at radius 1 is 0.971 bits per heavy atom. The van der Waals surface area contributed by atoms with E-state index in [1.807, 2.05) is 0 Å². The predicted octanol–water partition coefficient (Wildman–Crippen LogP) is 3.60. The zero-order chi connectivity index (χ0) is 24.7. The number of hydrogen-bond donors (Lipinski definition) is 1. The van der Waals surface area contributed by atoms with Crippen LogP contribution in [0.15, 0.2) is 72.8 Å². The highest BCUT2D eigenvalue weighted by Gasteiger charge is 2.19. The number of amides is 1. The van der Waals surface area contributed by atoms with Crippen molar-refractivity contribution in [2.24, 2.45) is 0 Å². The molecule has 0 bridgehead atoms. The van der Waals surface area contributed by atoms with E-state index >= 15 is 0 Å². The molecule has 8 nitrogen and oxygen atoms in total. The number of halogens is 1. The van der Waals surface area contributed by atoms with Gasteiger partial charge < -0.3 is 14.8 Å². The van der Waals surface area contributed by atoms with Gasteiger partial charge in [-0.15, -0.1) is 0 Å². The number of anilines is 2. The van der Waals surface area contributed by atoms with Crippen LogP contribution >= 0.6 is 0 Å². The van der Waals surface area contributed by atoms with Gasteiger partial charge in [0.2, 0.25) is 10.0 Å². The van der Waals surface area contributed by atoms with Crippen molar-refractivity contribution in [1.29, 1.82) is 0 Å². The molecule has 0 atom stereocenters. The van der Waals surface area contributed by atoms with E-state index in [1.165, 1.54) is 61.7 Å². The highest BCUT2D eigenvalue weighted by Crippen LogP contribution is 2.24. The van der Waals surface area contributed by atoms with E-state index in [1.54, 1.807) is 18.2 Å². The number of esters is 1. The first-order chi connectivity index (χ1) is 16.2. The first kappa shape index (κ1) is 24.7. The molecule has 1 N–H and O–H groups in total. The largest absolute Gasteiger partial charge is 0.484 e. The quantitative estimate of drug-likeness (QED) is 0.464. The van der Waals surface area contributed by atoms with Crippen LogP contribution in [0.4, 0.5) is 15.8 Å². The van der Waals surface area contributed by atoms with E-state index in [0.29, 0.717) is 22.7 Å². The number of methoxy groups -OCH3 is 1. The van der Waals surface area contributed by atoms with Gasteiger partial charge in [0, 0.05) is 11.3 Å². The second-order valence-electron chi connectivity index (χ2n) is 7.26. The number of benzene rings is 3. The van der Waals surface area contributed by atoms with Crippen LogP contribution in [0.25, 0.3) is 0 Å². The molecule has 10 heteroatoms. The Morgan fingerprint density at radius 2 is 1.62 bits per heavy atom. The summed E-state index contributed by atoms with van der Waals surface area (Å²) in [4.78, 5) is 23.6. The Bertz CT molecular complexity index is 1260. The number of hydrogen-bond acceptors (Lipinski definition) is 6. The van der Waals surface area contributed by atoms with Crippen molar-refractivity contribution in [3.8, 4) is 5.75 Å². The van der Waals surface area contributed by atoms with Crippen LogP contribution in [0, 0.1) is 5.82 Å². The minimum absolute atomic E-state index is 0.164. The number of carbonyl (C=O) groups is 2. The Hall–Kier alpha value is -3.92. The summed E-state index contributed by atoms with van der Waals surface area (Å²) in [5.74, 6) is -1.05. The van der Waals surface area contributed by atoms with Crippen LogP contribution in [-0.2, 0) is 26.1 Å². The molecule has 0 aliphatic heterocycles. The van der Waals surface area contributed by atoms with Crippen LogP contribution in [-0.4, -0.2) is 40.3 Å². The van der Waals surface area contributed by atoms with Gasteiger partial charge in [0.1, 0.15) is 11.6 Å². The van der Waals surface area contributed by atoms with Gasteiger partial charge in [0.05, 0.1) is 31.2 Å². The molecule has 3 aromatic rings. The lowest BCUT2D eigenvalue weighted by Crippen LogP contribution is -2.29. The van der Waals surface area contributed by atoms with Crippen molar-refractivity contribution in [2.75, 3.05) is 29.6 Å². The fourth-order valence-electron chi connectivity index (χ4n) is 3.04. The topological polar surface area (TPSA) is 102 Å². The fourth-order valence-corrected chi connectivity index (χ4v) is 3.92. The van der Waals surface area contributed by atoms with Crippen molar-refractivity contribution in [2.45, 2.75) is 6.54 Å². The molecule has 0 aromatic heterocycles. The Labute approximate surface area is 197 Å². The molecular weight excluding hydrogens is 463 g/mol. The summed E-state index contributed by atoms with van der Waals surface area (Å²) in [5, 5.41) is 2.64. The highest BCUT2D eigenvalue weighted by molar-refractivity contribution is 7.92. The molecule has 0 spiro atoms. The number of rotatable bonds is 9. The smallest absolute Gasteiger partial charge is 0.337 e. The summed E-state index contributed by atoms with van der Waals surface area (Å²) in [6.07, 6.45) is 1.04. The van der Waals surface area contributed by atoms with Crippen molar-refractivity contribution in [3.05, 3.63) is 89.7 Å². The van der Waals surface area contributed by atoms with E-state index in [2.05, 4.69) is 10.1 Å². The summed E-state index contributed by atoms with van der Waals surface area (Å²) in [6, 6.07) is 18.2. The monoisotopic (exact) mass is 486 g/mol. The molecule has 0 saturated heterocycles. The Balaban J connectivity index is 1.61. The summed E-state index contributed by atoms with van der Waals surface area (Å²) in [5.41, 5.74) is 1.40. The molecule has 3 aromatic carbocycles. The number of sulfonamides is 1. The summed E-state index contributed by atoms with van der Waals surface area (Å²) in [6.45, 7) is -0.452. The molecule has 3 rings (SSSR count). The van der Waals surface area contributed by atoms with Gasteiger partial charge in [-0.1, -0.05) is 18.2 Å². The molecule has 34 heavy (non-hydrogen) atoms. The van der Waals surface area contributed by atoms with Gasteiger partial charge in [-0.3, -0.25) is 9.10 Å². The third-order valence-corrected chi connectivity index (χ3v) is 5.90. The van der Waals surface area contributed by atoms with Crippen LogP contribution in [0.3, 0.4) is 0 Å². The standard InChI is InChI=1S/C24H23FN2O6S/c1-32-24(29)17-7-9-19(10-8-17)26-23(28)16-33-21-13-11-20(12-14-21)27(34(2,30)31)15-18-5-3-4-6-22(18)25/h3-14H,15-16H2,1-2H3,(H,26,28). The van der Waals surface area contributed by atoms with Gasteiger partial charge >= 0.3 is 5.97 Å². The number of carbonyl (C=O) groups excluding carboxylic acids is 2. The average molecular weight is 487 g/mol. The van der Waals surface area contributed by atoms with E-state index in [4.69, 9.17) is 4.74 Å². The Morgan fingerprint density at radius 3 is 2.21 bits per heavy atom. The van der Waals surface area contributed by atoms with E-state index in [0.717, 1.165) is 10.6 Å². The lowest BCUT2D eigenvalue weighted by Gasteiger charge is -2.23. The second kappa shape index (κ2) is 10.8. The number of nitrogens with one attached hydrogen (secondary N) is 1. The van der Waals surface area contributed by atoms with Crippen LogP contribution in [0.5, 0.6) is 5.75 Å². The van der Waals surface area contributed by atoms with E-state index < -0.39 is 27.7 Å². The van der Waals surface area contributed by atoms with Crippen LogP contribution in [0.1, 0.15) is 15.9 Å². The van der Waals surface area contributed by atoms with Gasteiger partial charge in [-0.25, -0.2) is 17.6 Å². The van der Waals surface area contributed by atoms with Crippen molar-refractivity contribution in [1.82, 2.24) is 0 Å². The SMILES string of the molecule is COC(=O)c1ccc(NC(=O)COc2ccc(N(Cc3ccccc3F)S(C)(=O)=O)cc2)cc1. The molecule has 0 fully saturated rings. The summed E-state index contributed by atoms with van der Waals surface area (Å²) < 4.78 is 49.8. The van der Waals surface area contributed by atoms with Crippen LogP contribution < -0.4 is 14.4 Å². The molecule has 0 heterocycles. The molecule has 0 aliphatic rings. The summed E-state index contributed by atoms with van der Waals surface area (Å²) >= 11 is 0. The molecular formula is C24H23FN2O6S. The first-order valence-corrected chi connectivity index (χ1v) is 11.9. The third-order valence-electron chi connectivity index (χ3n) is 4.76. The third kappa shape index (κ3) is 6.55. The van der Waals surface area contributed by atoms with E-state index in [9.17, 15) is 22.4 Å². The molecule has 178 valence electrons. The maximum atomic E-state index is 14.0. The fraction of sp³-hybridized carbons (Fsp3) is 0.167. The second-order valence-corrected chi connectivity index (χ2v) is 9.17. The summed E-state index contributed by atoms with van der Waals surface area (Å²) in [7, 11) is -2.40. The molecule has 1 amide bonds. The normalized spacial score (nSPS) is 10.9. The minimum Gasteiger partial charge on any atom is -0.484 e. The minimum atomic E-state index is -3.68. The molecule has 0 unspecified atom stereocenters. The van der Waals surface area contributed by atoms with Crippen LogP contribution in [0.2, 0.25) is 0 Å². The van der Waals surface area contributed by atoms with Crippen molar-refractivity contribution in [3.63, 3.8) is 0 Å². The molecule has 0 radical (unpaired) electrons. The first-order valence-electron chi connectivity index (χ1n) is 10.1. The highest BCUT2D eigenvalue weighted by atomic mass is 32.2. The number of nitrogens with zero attached hydrogens (tertiary/aromatic N) is 1. The lowest BCUT2D eigenvalue weighted by molar-refractivity contribution is -0.118. The zero-order valence-corrected chi connectivity index (χ0v) is 19.3. The maximum Gasteiger partial charge on any atom is 0.337 e. The molecule has 0 aliphatic carbocycles. The lowest BCUT2D eigenvalue weighted by atomic mass is 10.2. The van der Waals surface area contributed by atoms with Gasteiger partial charge in [0.25, 0.3) is 5.91 Å². The molecule has 0 saturated carbocycles. The average Bonchev–Trinajstić information content (AvgIpc) is 2.82. The van der Waals surface area contributed by atoms with Crippen molar-refractivity contribution >= 4 is 33.3 Å². The number of ether oxygens (including phenoxy) is 2. The van der Waals surface area contributed by atoms with Gasteiger partial charge in [0.15, 0.2) is 6.61 Å². The maximum absolute atomic E-state index is 14.0.